The summed E-state index contributed by atoms with van der Waals surface area (Å²) < 4.78 is 47.1. The van der Waals surface area contributed by atoms with Gasteiger partial charge in [0.15, 0.2) is 0 Å². The van der Waals surface area contributed by atoms with Crippen molar-refractivity contribution in [1.29, 1.82) is 0 Å². The molecule has 3 aromatic carbocycles. The van der Waals surface area contributed by atoms with E-state index in [-0.39, 0.29) is 11.5 Å². The number of para-hydroxylation sites is 1. The minimum atomic E-state index is -3.76. The van der Waals surface area contributed by atoms with Crippen LogP contribution in [0.15, 0.2) is 77.7 Å². The lowest BCUT2D eigenvalue weighted by Crippen LogP contribution is -2.21. The molecule has 0 fully saturated rings. The second-order valence-electron chi connectivity index (χ2n) is 6.71. The van der Waals surface area contributed by atoms with Crippen LogP contribution in [0.2, 0.25) is 0 Å². The Bertz CT molecular complexity index is 1320. The Kier molecular flexibility index (Phi) is 6.33. The third kappa shape index (κ3) is 4.87. The van der Waals surface area contributed by atoms with Gasteiger partial charge in [-0.15, -0.1) is 0 Å². The maximum absolute atomic E-state index is 12.6. The molecule has 1 aromatic heterocycles. The van der Waals surface area contributed by atoms with Crippen LogP contribution in [-0.4, -0.2) is 29.7 Å². The summed E-state index contributed by atoms with van der Waals surface area (Å²) in [5, 5.41) is 0. The molecule has 0 amide bonds. The predicted molar refractivity (Wildman–Crippen MR) is 121 cm³/mol. The van der Waals surface area contributed by atoms with Gasteiger partial charge in [-0.25, -0.2) is 13.2 Å². The molecule has 10 heteroatoms. The van der Waals surface area contributed by atoms with Gasteiger partial charge in [-0.05, 0) is 55.5 Å². The van der Waals surface area contributed by atoms with Crippen molar-refractivity contribution in [2.24, 2.45) is 0 Å². The topological polar surface area (TPSA) is 107 Å². The number of aromatic nitrogens is 2. The monoisotopic (exact) mass is 469 g/mol. The molecular weight excluding hydrogens is 450 g/mol. The van der Waals surface area contributed by atoms with Crippen molar-refractivity contribution in [2.75, 3.05) is 11.3 Å². The highest BCUT2D eigenvalue weighted by Gasteiger charge is 2.25. The molecule has 32 heavy (non-hydrogen) atoms. The van der Waals surface area contributed by atoms with Gasteiger partial charge in [-0.2, -0.15) is 8.75 Å². The molecule has 8 nitrogen and oxygen atoms in total. The molecule has 0 aliphatic rings. The molecule has 0 bridgehead atoms. The number of carbonyl (C=O) groups excluding carboxylic acids is 1. The number of hydrogen-bond donors (Lipinski definition) is 1. The number of nitrogens with zero attached hydrogens (tertiary/aromatic N) is 2. The molecule has 1 unspecified atom stereocenters. The van der Waals surface area contributed by atoms with Gasteiger partial charge in [0.25, 0.3) is 10.0 Å². The maximum atomic E-state index is 12.6. The van der Waals surface area contributed by atoms with E-state index in [0.717, 1.165) is 17.2 Å². The quantitative estimate of drug-likeness (QED) is 0.386. The number of anilines is 1. The van der Waals surface area contributed by atoms with E-state index in [1.807, 2.05) is 0 Å². The van der Waals surface area contributed by atoms with Gasteiger partial charge in [0.1, 0.15) is 16.8 Å². The summed E-state index contributed by atoms with van der Waals surface area (Å²) >= 11 is 1.08. The minimum Gasteiger partial charge on any atom is -0.474 e. The Morgan fingerprint density at radius 3 is 2.44 bits per heavy atom. The van der Waals surface area contributed by atoms with Crippen molar-refractivity contribution in [3.8, 4) is 5.75 Å². The van der Waals surface area contributed by atoms with Crippen molar-refractivity contribution in [1.82, 2.24) is 8.75 Å². The standard InChI is InChI=1S/C22H19N3O5S2/c1-2-29-22(26)21(15-8-13-19-20(14-15)24-31-23-19)30-17-9-11-18(12-10-17)32(27,28)25-16-6-4-3-5-7-16/h3-14,21,25H,2H2,1H3. The van der Waals surface area contributed by atoms with Crippen molar-refractivity contribution >= 4 is 44.4 Å². The van der Waals surface area contributed by atoms with E-state index in [1.54, 1.807) is 55.5 Å². The Morgan fingerprint density at radius 1 is 1.00 bits per heavy atom. The molecule has 1 atom stereocenters. The molecule has 164 valence electrons. The van der Waals surface area contributed by atoms with Gasteiger partial charge in [-0.3, -0.25) is 4.72 Å². The van der Waals surface area contributed by atoms with Crippen LogP contribution in [0.5, 0.6) is 5.75 Å². The van der Waals surface area contributed by atoms with Crippen LogP contribution in [-0.2, 0) is 19.6 Å². The molecule has 4 aromatic rings. The van der Waals surface area contributed by atoms with E-state index in [1.165, 1.54) is 24.3 Å². The molecule has 0 saturated carbocycles. The first-order valence-corrected chi connectivity index (χ1v) is 11.9. The highest BCUT2D eigenvalue weighted by molar-refractivity contribution is 7.92. The first kappa shape index (κ1) is 21.7. The fraction of sp³-hybridized carbons (Fsp3) is 0.136. The first-order chi connectivity index (χ1) is 15.5. The van der Waals surface area contributed by atoms with Gasteiger partial charge in [-0.1, -0.05) is 24.3 Å². The van der Waals surface area contributed by atoms with E-state index in [0.29, 0.717) is 22.5 Å². The summed E-state index contributed by atoms with van der Waals surface area (Å²) in [5.41, 5.74) is 2.40. The summed E-state index contributed by atoms with van der Waals surface area (Å²) in [7, 11) is -3.76. The molecule has 1 N–H and O–H groups in total. The third-order valence-corrected chi connectivity index (χ3v) is 6.45. The average molecular weight is 470 g/mol. The molecule has 1 heterocycles. The zero-order chi connectivity index (χ0) is 22.6. The van der Waals surface area contributed by atoms with Crippen molar-refractivity contribution in [3.05, 3.63) is 78.4 Å². The van der Waals surface area contributed by atoms with Gasteiger partial charge >= 0.3 is 5.97 Å². The summed E-state index contributed by atoms with van der Waals surface area (Å²) in [6, 6.07) is 19.6. The van der Waals surface area contributed by atoms with Crippen LogP contribution in [0.25, 0.3) is 11.0 Å². The zero-order valence-corrected chi connectivity index (χ0v) is 18.6. The molecule has 0 aliphatic carbocycles. The number of benzene rings is 3. The lowest BCUT2D eigenvalue weighted by Gasteiger charge is -2.18. The van der Waals surface area contributed by atoms with Gasteiger partial charge < -0.3 is 9.47 Å². The third-order valence-electron chi connectivity index (χ3n) is 4.50. The average Bonchev–Trinajstić information content (AvgIpc) is 3.26. The largest absolute Gasteiger partial charge is 0.474 e. The number of hydrogen-bond acceptors (Lipinski definition) is 8. The number of carbonyl (C=O) groups is 1. The van der Waals surface area contributed by atoms with E-state index < -0.39 is 22.1 Å². The van der Waals surface area contributed by atoms with Crippen molar-refractivity contribution in [2.45, 2.75) is 17.9 Å². The van der Waals surface area contributed by atoms with Crippen LogP contribution < -0.4 is 9.46 Å². The maximum Gasteiger partial charge on any atom is 0.352 e. The molecular formula is C22H19N3O5S2. The highest BCUT2D eigenvalue weighted by Crippen LogP contribution is 2.27. The molecule has 4 rings (SSSR count). The predicted octanol–water partition coefficient (Wildman–Crippen LogP) is 4.18. The zero-order valence-electron chi connectivity index (χ0n) is 17.0. The summed E-state index contributed by atoms with van der Waals surface area (Å²) in [6.07, 6.45) is -1.04. The van der Waals surface area contributed by atoms with E-state index in [2.05, 4.69) is 13.5 Å². The number of nitrogens with one attached hydrogen (secondary N) is 1. The SMILES string of the molecule is CCOC(=O)C(Oc1ccc(S(=O)(=O)Nc2ccccc2)cc1)c1ccc2nsnc2c1. The Labute approximate surface area is 189 Å². The van der Waals surface area contributed by atoms with Crippen molar-refractivity contribution < 1.29 is 22.7 Å². The summed E-state index contributed by atoms with van der Waals surface area (Å²) in [6.45, 7) is 1.91. The molecule has 0 aliphatic heterocycles. The Morgan fingerprint density at radius 2 is 1.72 bits per heavy atom. The number of sulfonamides is 1. The summed E-state index contributed by atoms with van der Waals surface area (Å²) in [5.74, 6) is -0.240. The van der Waals surface area contributed by atoms with Crippen molar-refractivity contribution in [3.63, 3.8) is 0 Å². The highest BCUT2D eigenvalue weighted by atomic mass is 32.2. The number of fused-ring (bicyclic) bond motifs is 1. The van der Waals surface area contributed by atoms with Crippen LogP contribution in [0.3, 0.4) is 0 Å². The Balaban J connectivity index is 1.56. The Hall–Kier alpha value is -3.50. The van der Waals surface area contributed by atoms with Crippen LogP contribution in [0, 0.1) is 0 Å². The number of esters is 1. The normalized spacial score (nSPS) is 12.3. The first-order valence-electron chi connectivity index (χ1n) is 9.70. The van der Waals surface area contributed by atoms with Crippen LogP contribution >= 0.6 is 11.7 Å². The number of ether oxygens (including phenoxy) is 2. The lowest BCUT2D eigenvalue weighted by molar-refractivity contribution is -0.151. The van der Waals surface area contributed by atoms with E-state index >= 15 is 0 Å². The lowest BCUT2D eigenvalue weighted by atomic mass is 10.1. The number of rotatable bonds is 8. The van der Waals surface area contributed by atoms with E-state index in [4.69, 9.17) is 9.47 Å². The van der Waals surface area contributed by atoms with Crippen LogP contribution in [0.4, 0.5) is 5.69 Å². The molecule has 0 spiro atoms. The fourth-order valence-corrected chi connectivity index (χ4v) is 4.56. The molecule has 0 saturated heterocycles. The summed E-state index contributed by atoms with van der Waals surface area (Å²) in [4.78, 5) is 12.6. The molecule has 0 radical (unpaired) electrons. The fourth-order valence-electron chi connectivity index (χ4n) is 2.99. The van der Waals surface area contributed by atoms with Gasteiger partial charge in [0, 0.05) is 11.3 Å². The van der Waals surface area contributed by atoms with Crippen LogP contribution in [0.1, 0.15) is 18.6 Å². The second-order valence-corrected chi connectivity index (χ2v) is 8.92. The van der Waals surface area contributed by atoms with Gasteiger partial charge in [0.2, 0.25) is 6.10 Å². The van der Waals surface area contributed by atoms with Gasteiger partial charge in [0.05, 0.1) is 23.2 Å². The second kappa shape index (κ2) is 9.33. The van der Waals surface area contributed by atoms with E-state index in [9.17, 15) is 13.2 Å². The smallest absolute Gasteiger partial charge is 0.352 e. The minimum absolute atomic E-state index is 0.0661.